The molecule has 0 unspecified atom stereocenters. The van der Waals surface area contributed by atoms with Crippen LogP contribution in [0.15, 0.2) is 12.1 Å². The van der Waals surface area contributed by atoms with Crippen molar-refractivity contribution in [3.8, 4) is 0 Å². The van der Waals surface area contributed by atoms with Gasteiger partial charge in [-0.3, -0.25) is 0 Å². The van der Waals surface area contributed by atoms with Gasteiger partial charge in [0.1, 0.15) is 0 Å². The molecule has 16 heavy (non-hydrogen) atoms. The fourth-order valence-corrected chi connectivity index (χ4v) is 2.51. The highest BCUT2D eigenvalue weighted by molar-refractivity contribution is 7.11. The molecule has 1 heterocycles. The third-order valence-corrected chi connectivity index (χ3v) is 3.55. The van der Waals surface area contributed by atoms with Gasteiger partial charge >= 0.3 is 0 Å². The molecule has 0 radical (unpaired) electrons. The molecule has 1 nitrogen and oxygen atoms in total. The molecule has 94 valence electrons. The zero-order valence-electron chi connectivity index (χ0n) is 10.4. The second-order valence-corrected chi connectivity index (χ2v) is 5.48. The molecule has 0 saturated carbocycles. The van der Waals surface area contributed by atoms with E-state index in [4.69, 9.17) is 0 Å². The molecule has 1 aromatic rings. The van der Waals surface area contributed by atoms with Crippen LogP contribution in [0.4, 0.5) is 0 Å². The van der Waals surface area contributed by atoms with E-state index >= 15 is 0 Å². The van der Waals surface area contributed by atoms with Crippen LogP contribution >= 0.6 is 23.7 Å². The number of thiophene rings is 1. The fraction of sp³-hybridized carbons (Fsp3) is 0.692. The minimum absolute atomic E-state index is 0. The van der Waals surface area contributed by atoms with Crippen molar-refractivity contribution in [2.24, 2.45) is 0 Å². The first-order valence-electron chi connectivity index (χ1n) is 6.09. The van der Waals surface area contributed by atoms with Gasteiger partial charge in [0.25, 0.3) is 0 Å². The van der Waals surface area contributed by atoms with Gasteiger partial charge in [0, 0.05) is 16.3 Å². The second-order valence-electron chi connectivity index (χ2n) is 4.10. The summed E-state index contributed by atoms with van der Waals surface area (Å²) in [5.74, 6) is 0. The lowest BCUT2D eigenvalue weighted by Crippen LogP contribution is -2.13. The molecule has 0 aliphatic carbocycles. The number of hydrogen-bond donors (Lipinski definition) is 1. The molecule has 1 N–H and O–H groups in total. The van der Waals surface area contributed by atoms with Crippen LogP contribution < -0.4 is 5.32 Å². The molecule has 0 atom stereocenters. The van der Waals surface area contributed by atoms with E-state index in [1.807, 2.05) is 11.3 Å². The Morgan fingerprint density at radius 1 is 1.12 bits per heavy atom. The van der Waals surface area contributed by atoms with Crippen molar-refractivity contribution >= 4 is 23.7 Å². The molecule has 1 rings (SSSR count). The number of halogens is 1. The quantitative estimate of drug-likeness (QED) is 0.678. The summed E-state index contributed by atoms with van der Waals surface area (Å²) in [5.41, 5.74) is 0. The first kappa shape index (κ1) is 16.0. The van der Waals surface area contributed by atoms with E-state index in [9.17, 15) is 0 Å². The molecule has 0 fully saturated rings. The lowest BCUT2D eigenvalue weighted by atomic mass is 10.1. The average molecular weight is 262 g/mol. The summed E-state index contributed by atoms with van der Waals surface area (Å²) in [7, 11) is 0. The first-order chi connectivity index (χ1) is 7.33. The number of aryl methyl sites for hydroxylation is 1. The van der Waals surface area contributed by atoms with E-state index in [-0.39, 0.29) is 12.4 Å². The van der Waals surface area contributed by atoms with E-state index in [0.717, 1.165) is 6.54 Å². The molecule has 0 aromatic carbocycles. The number of nitrogens with one attached hydrogen (secondary N) is 1. The Bertz CT molecular complexity index is 260. The van der Waals surface area contributed by atoms with Crippen molar-refractivity contribution in [1.29, 1.82) is 0 Å². The molecular weight excluding hydrogens is 238 g/mol. The predicted molar refractivity (Wildman–Crippen MR) is 76.8 cm³/mol. The standard InChI is InChI=1S/C13H23NS.ClH/c1-3-4-5-6-7-10-14-11-13-9-8-12(2)15-13;/h8-9,14H,3-7,10-11H2,1-2H3;1H. The van der Waals surface area contributed by atoms with Gasteiger partial charge < -0.3 is 5.32 Å². The van der Waals surface area contributed by atoms with Crippen LogP contribution in [0.5, 0.6) is 0 Å². The van der Waals surface area contributed by atoms with E-state index in [0.29, 0.717) is 0 Å². The van der Waals surface area contributed by atoms with Crippen LogP contribution in [0.2, 0.25) is 0 Å². The van der Waals surface area contributed by atoms with Crippen LogP contribution in [0.3, 0.4) is 0 Å². The Balaban J connectivity index is 0.00000225. The van der Waals surface area contributed by atoms with Gasteiger partial charge in [-0.2, -0.15) is 0 Å². The van der Waals surface area contributed by atoms with Crippen molar-refractivity contribution in [3.05, 3.63) is 21.9 Å². The van der Waals surface area contributed by atoms with Gasteiger partial charge in [-0.25, -0.2) is 0 Å². The van der Waals surface area contributed by atoms with Gasteiger partial charge in [-0.1, -0.05) is 32.6 Å². The number of hydrogen-bond acceptors (Lipinski definition) is 2. The highest BCUT2D eigenvalue weighted by atomic mass is 35.5. The zero-order valence-corrected chi connectivity index (χ0v) is 12.1. The minimum atomic E-state index is 0. The third-order valence-electron chi connectivity index (χ3n) is 2.55. The summed E-state index contributed by atoms with van der Waals surface area (Å²) in [4.78, 5) is 2.87. The molecule has 0 spiro atoms. The highest BCUT2D eigenvalue weighted by Gasteiger charge is 1.95. The van der Waals surface area contributed by atoms with Gasteiger partial charge in [0.15, 0.2) is 0 Å². The smallest absolute Gasteiger partial charge is 0.0299 e. The molecule has 0 aliphatic rings. The Morgan fingerprint density at radius 2 is 1.88 bits per heavy atom. The maximum Gasteiger partial charge on any atom is 0.0299 e. The van der Waals surface area contributed by atoms with Gasteiger partial charge in [-0.15, -0.1) is 23.7 Å². The van der Waals surface area contributed by atoms with Crippen LogP contribution in [0.25, 0.3) is 0 Å². The monoisotopic (exact) mass is 261 g/mol. The summed E-state index contributed by atoms with van der Waals surface area (Å²) >= 11 is 1.90. The molecular formula is C13H24ClNS. The van der Waals surface area contributed by atoms with Crippen molar-refractivity contribution in [2.75, 3.05) is 6.54 Å². The number of rotatable bonds is 8. The minimum Gasteiger partial charge on any atom is -0.312 e. The van der Waals surface area contributed by atoms with Crippen LogP contribution in [0, 0.1) is 6.92 Å². The maximum absolute atomic E-state index is 3.50. The number of unbranched alkanes of at least 4 members (excludes halogenated alkanes) is 4. The van der Waals surface area contributed by atoms with E-state index < -0.39 is 0 Å². The summed E-state index contributed by atoms with van der Waals surface area (Å²) in [6.07, 6.45) is 6.83. The van der Waals surface area contributed by atoms with Crippen molar-refractivity contribution in [1.82, 2.24) is 5.32 Å². The summed E-state index contributed by atoms with van der Waals surface area (Å²) < 4.78 is 0. The maximum atomic E-state index is 3.50. The molecule has 0 amide bonds. The van der Waals surface area contributed by atoms with Crippen LogP contribution in [-0.4, -0.2) is 6.54 Å². The summed E-state index contributed by atoms with van der Waals surface area (Å²) in [5, 5.41) is 3.50. The molecule has 0 aliphatic heterocycles. The van der Waals surface area contributed by atoms with E-state index in [1.54, 1.807) is 0 Å². The normalized spacial score (nSPS) is 10.1. The van der Waals surface area contributed by atoms with Crippen molar-refractivity contribution in [2.45, 2.75) is 52.5 Å². The molecule has 1 aromatic heterocycles. The Kier molecular flexibility index (Phi) is 10.1. The summed E-state index contributed by atoms with van der Waals surface area (Å²) in [6, 6.07) is 4.42. The van der Waals surface area contributed by atoms with Gasteiger partial charge in [-0.05, 0) is 32.0 Å². The van der Waals surface area contributed by atoms with Gasteiger partial charge in [0.05, 0.1) is 0 Å². The summed E-state index contributed by atoms with van der Waals surface area (Å²) in [6.45, 7) is 6.64. The predicted octanol–water partition coefficient (Wildman–Crippen LogP) is 4.54. The first-order valence-corrected chi connectivity index (χ1v) is 6.90. The fourth-order valence-electron chi connectivity index (χ4n) is 1.65. The molecule has 0 bridgehead atoms. The molecule has 3 heteroatoms. The largest absolute Gasteiger partial charge is 0.312 e. The Morgan fingerprint density at radius 3 is 2.50 bits per heavy atom. The van der Waals surface area contributed by atoms with Crippen LogP contribution in [-0.2, 0) is 6.54 Å². The lowest BCUT2D eigenvalue weighted by Gasteiger charge is -2.02. The van der Waals surface area contributed by atoms with Crippen LogP contribution in [0.1, 0.15) is 48.8 Å². The third kappa shape index (κ3) is 7.26. The topological polar surface area (TPSA) is 12.0 Å². The Hall–Kier alpha value is -0.0500. The lowest BCUT2D eigenvalue weighted by molar-refractivity contribution is 0.585. The van der Waals surface area contributed by atoms with E-state index in [2.05, 4.69) is 31.3 Å². The average Bonchev–Trinajstić information content (AvgIpc) is 2.63. The highest BCUT2D eigenvalue weighted by Crippen LogP contribution is 2.14. The Labute approximate surface area is 110 Å². The zero-order chi connectivity index (χ0) is 10.9. The second kappa shape index (κ2) is 10.1. The van der Waals surface area contributed by atoms with Crippen molar-refractivity contribution < 1.29 is 0 Å². The van der Waals surface area contributed by atoms with Gasteiger partial charge in [0.2, 0.25) is 0 Å². The van der Waals surface area contributed by atoms with Crippen molar-refractivity contribution in [3.63, 3.8) is 0 Å². The van der Waals surface area contributed by atoms with E-state index in [1.165, 1.54) is 48.4 Å². The molecule has 0 saturated heterocycles. The SMILES string of the molecule is CCCCCCCNCc1ccc(C)s1.Cl.